The van der Waals surface area contributed by atoms with Crippen LogP contribution < -0.4 is 0 Å². The largest absolute Gasteiger partial charge is 0.294 e. The fraction of sp³-hybridized carbons (Fsp3) is 0.562. The van der Waals surface area contributed by atoms with Crippen LogP contribution in [-0.4, -0.2) is 25.3 Å². The van der Waals surface area contributed by atoms with Gasteiger partial charge >= 0.3 is 0 Å². The van der Waals surface area contributed by atoms with Crippen LogP contribution in [0.4, 0.5) is 0 Å². The van der Waals surface area contributed by atoms with E-state index in [0.717, 1.165) is 22.6 Å². The molecule has 21 heavy (non-hydrogen) atoms. The highest BCUT2D eigenvalue weighted by molar-refractivity contribution is 5.96. The summed E-state index contributed by atoms with van der Waals surface area (Å²) in [6, 6.07) is 2.62. The van der Waals surface area contributed by atoms with Crippen molar-refractivity contribution in [2.24, 2.45) is 0 Å². The van der Waals surface area contributed by atoms with Gasteiger partial charge in [-0.15, -0.1) is 0 Å². The molecule has 0 N–H and O–H groups in total. The predicted octanol–water partition coefficient (Wildman–Crippen LogP) is 3.06. The number of ketones is 1. The van der Waals surface area contributed by atoms with E-state index in [1.165, 1.54) is 25.7 Å². The van der Waals surface area contributed by atoms with Crippen LogP contribution in [-0.2, 0) is 6.54 Å². The van der Waals surface area contributed by atoms with Crippen LogP contribution in [0.5, 0.6) is 0 Å². The minimum atomic E-state index is 0.0766. The second-order valence-corrected chi connectivity index (χ2v) is 5.99. The van der Waals surface area contributed by atoms with Crippen LogP contribution >= 0.6 is 0 Å². The lowest BCUT2D eigenvalue weighted by molar-refractivity contribution is 0.101. The number of carbonyl (C=O) groups excluding carboxylic acids is 1. The van der Waals surface area contributed by atoms with Crippen molar-refractivity contribution in [3.05, 3.63) is 34.9 Å². The van der Waals surface area contributed by atoms with Gasteiger partial charge in [-0.3, -0.25) is 14.2 Å². The number of carbonyl (C=O) groups is 1. The van der Waals surface area contributed by atoms with Gasteiger partial charge in [-0.25, -0.2) is 0 Å². The summed E-state index contributed by atoms with van der Waals surface area (Å²) in [6.45, 7) is 6.05. The van der Waals surface area contributed by atoms with Gasteiger partial charge in [0.1, 0.15) is 0 Å². The standard InChI is InChI=1S/C16H22N4O/c1-11-16(13(3)21)12(2)20(17-11)10-14-8-9-19(18-14)15-6-4-5-7-15/h8-9,15H,4-7,10H2,1-3H3. The molecule has 1 aliphatic carbocycles. The zero-order chi connectivity index (χ0) is 15.0. The molecule has 2 aromatic heterocycles. The Balaban J connectivity index is 1.81. The van der Waals surface area contributed by atoms with E-state index in [1.807, 2.05) is 18.5 Å². The Morgan fingerprint density at radius 1 is 1.29 bits per heavy atom. The van der Waals surface area contributed by atoms with E-state index in [1.54, 1.807) is 6.92 Å². The van der Waals surface area contributed by atoms with Crippen LogP contribution in [0.2, 0.25) is 0 Å². The van der Waals surface area contributed by atoms with Crippen molar-refractivity contribution in [3.63, 3.8) is 0 Å². The SMILES string of the molecule is CC(=O)c1c(C)nn(Cc2ccn(C3CCCC3)n2)c1C. The Kier molecular flexibility index (Phi) is 3.66. The molecule has 5 nitrogen and oxygen atoms in total. The highest BCUT2D eigenvalue weighted by atomic mass is 16.1. The van der Waals surface area contributed by atoms with Gasteiger partial charge in [0.2, 0.25) is 0 Å². The number of hydrogen-bond acceptors (Lipinski definition) is 3. The van der Waals surface area contributed by atoms with Gasteiger partial charge in [0.05, 0.1) is 29.5 Å². The fourth-order valence-corrected chi connectivity index (χ4v) is 3.35. The van der Waals surface area contributed by atoms with Gasteiger partial charge in [-0.05, 0) is 39.7 Å². The van der Waals surface area contributed by atoms with E-state index in [4.69, 9.17) is 0 Å². The number of rotatable bonds is 4. The van der Waals surface area contributed by atoms with Crippen LogP contribution in [0.1, 0.15) is 66.1 Å². The highest BCUT2D eigenvalue weighted by Gasteiger charge is 2.19. The molecular formula is C16H22N4O. The smallest absolute Gasteiger partial charge is 0.163 e. The Morgan fingerprint density at radius 3 is 2.62 bits per heavy atom. The molecule has 1 fully saturated rings. The molecule has 0 bridgehead atoms. The van der Waals surface area contributed by atoms with Crippen molar-refractivity contribution >= 4 is 5.78 Å². The van der Waals surface area contributed by atoms with Crippen molar-refractivity contribution in [1.82, 2.24) is 19.6 Å². The number of Topliss-reactive ketones (excluding diaryl/α,β-unsaturated/α-hetero) is 1. The molecule has 2 heterocycles. The Morgan fingerprint density at radius 2 is 2.00 bits per heavy atom. The Hall–Kier alpha value is -1.91. The van der Waals surface area contributed by atoms with Crippen molar-refractivity contribution in [2.75, 3.05) is 0 Å². The zero-order valence-corrected chi connectivity index (χ0v) is 13.0. The van der Waals surface area contributed by atoms with Gasteiger partial charge in [0, 0.05) is 11.9 Å². The average molecular weight is 286 g/mol. The lowest BCUT2D eigenvalue weighted by Crippen LogP contribution is -2.09. The Bertz CT molecular complexity index is 662. The molecule has 112 valence electrons. The minimum absolute atomic E-state index is 0.0766. The fourth-order valence-electron chi connectivity index (χ4n) is 3.35. The predicted molar refractivity (Wildman–Crippen MR) is 80.5 cm³/mol. The third kappa shape index (κ3) is 2.64. The maximum Gasteiger partial charge on any atom is 0.163 e. The maximum atomic E-state index is 11.7. The highest BCUT2D eigenvalue weighted by Crippen LogP contribution is 2.28. The van der Waals surface area contributed by atoms with Crippen molar-refractivity contribution < 1.29 is 4.79 Å². The monoisotopic (exact) mass is 286 g/mol. The molecule has 1 saturated carbocycles. The molecular weight excluding hydrogens is 264 g/mol. The number of nitrogens with zero attached hydrogens (tertiary/aromatic N) is 4. The van der Waals surface area contributed by atoms with Gasteiger partial charge in [0.15, 0.2) is 5.78 Å². The molecule has 2 aromatic rings. The zero-order valence-electron chi connectivity index (χ0n) is 13.0. The average Bonchev–Trinajstić information content (AvgIpc) is 3.11. The third-order valence-electron chi connectivity index (χ3n) is 4.41. The summed E-state index contributed by atoms with van der Waals surface area (Å²) >= 11 is 0. The first kappa shape index (κ1) is 14.0. The molecule has 0 saturated heterocycles. The molecule has 1 aliphatic rings. The first-order valence-electron chi connectivity index (χ1n) is 7.65. The molecule has 0 unspecified atom stereocenters. The topological polar surface area (TPSA) is 52.7 Å². The molecule has 0 aliphatic heterocycles. The summed E-state index contributed by atoms with van der Waals surface area (Å²) in [5.74, 6) is 0.0766. The summed E-state index contributed by atoms with van der Waals surface area (Å²) in [7, 11) is 0. The van der Waals surface area contributed by atoms with Gasteiger partial charge in [-0.2, -0.15) is 10.2 Å². The van der Waals surface area contributed by atoms with Crippen LogP contribution in [0, 0.1) is 13.8 Å². The van der Waals surface area contributed by atoms with Crippen LogP contribution in [0.25, 0.3) is 0 Å². The van der Waals surface area contributed by atoms with Crippen LogP contribution in [0.15, 0.2) is 12.3 Å². The summed E-state index contributed by atoms with van der Waals surface area (Å²) in [6.07, 6.45) is 7.15. The number of aryl methyl sites for hydroxylation is 1. The number of hydrogen-bond donors (Lipinski definition) is 0. The van der Waals surface area contributed by atoms with E-state index in [0.29, 0.717) is 12.6 Å². The maximum absolute atomic E-state index is 11.7. The van der Waals surface area contributed by atoms with Crippen molar-refractivity contribution in [2.45, 2.75) is 59.0 Å². The molecule has 5 heteroatoms. The summed E-state index contributed by atoms with van der Waals surface area (Å²) in [4.78, 5) is 11.7. The third-order valence-corrected chi connectivity index (χ3v) is 4.41. The van der Waals surface area contributed by atoms with Gasteiger partial charge < -0.3 is 0 Å². The van der Waals surface area contributed by atoms with E-state index in [2.05, 4.69) is 27.1 Å². The second kappa shape index (κ2) is 5.47. The van der Waals surface area contributed by atoms with Crippen LogP contribution in [0.3, 0.4) is 0 Å². The van der Waals surface area contributed by atoms with Gasteiger partial charge in [0.25, 0.3) is 0 Å². The molecule has 3 rings (SSSR count). The van der Waals surface area contributed by atoms with Crippen molar-refractivity contribution in [1.29, 1.82) is 0 Å². The Labute approximate surface area is 125 Å². The lowest BCUT2D eigenvalue weighted by atomic mass is 10.1. The normalized spacial score (nSPS) is 15.8. The van der Waals surface area contributed by atoms with Gasteiger partial charge in [-0.1, -0.05) is 12.8 Å². The number of aromatic nitrogens is 4. The summed E-state index contributed by atoms with van der Waals surface area (Å²) in [5, 5.41) is 9.16. The van der Waals surface area contributed by atoms with Crippen molar-refractivity contribution in [3.8, 4) is 0 Å². The molecule has 0 atom stereocenters. The first-order valence-corrected chi connectivity index (χ1v) is 7.65. The quantitative estimate of drug-likeness (QED) is 0.812. The van der Waals surface area contributed by atoms with E-state index >= 15 is 0 Å². The van der Waals surface area contributed by atoms with E-state index in [9.17, 15) is 4.79 Å². The lowest BCUT2D eigenvalue weighted by Gasteiger charge is -2.09. The minimum Gasteiger partial charge on any atom is -0.294 e. The first-order chi connectivity index (χ1) is 10.1. The molecule has 0 radical (unpaired) electrons. The molecule has 0 amide bonds. The second-order valence-electron chi connectivity index (χ2n) is 5.99. The molecule has 0 aromatic carbocycles. The molecule has 0 spiro atoms. The van der Waals surface area contributed by atoms with E-state index < -0.39 is 0 Å². The summed E-state index contributed by atoms with van der Waals surface area (Å²) < 4.78 is 3.98. The summed E-state index contributed by atoms with van der Waals surface area (Å²) in [5.41, 5.74) is 3.47. The van der Waals surface area contributed by atoms with E-state index in [-0.39, 0.29) is 5.78 Å².